The molecule has 12 heavy (non-hydrogen) atoms. The van der Waals surface area contributed by atoms with E-state index in [-0.39, 0.29) is 5.97 Å². The fourth-order valence-electron chi connectivity index (χ4n) is 2.46. The zero-order valence-electron chi connectivity index (χ0n) is 7.38. The summed E-state index contributed by atoms with van der Waals surface area (Å²) in [5.41, 5.74) is 0. The molecular weight excluding hydrogens is 154 g/mol. The Balaban J connectivity index is 1.85. The molecule has 2 saturated heterocycles. The zero-order valence-corrected chi connectivity index (χ0v) is 7.38. The maximum Gasteiger partial charge on any atom is 0.305 e. The fraction of sp³-hybridized carbons (Fsp3) is 0.889. The predicted molar refractivity (Wildman–Crippen MR) is 44.6 cm³/mol. The minimum atomic E-state index is -0.0448. The Morgan fingerprint density at radius 2 is 2.17 bits per heavy atom. The molecule has 2 unspecified atom stereocenters. The van der Waals surface area contributed by atoms with E-state index in [1.54, 1.807) is 0 Å². The molecule has 3 nitrogen and oxygen atoms in total. The number of hydrogen-bond donors (Lipinski definition) is 1. The third kappa shape index (κ3) is 1.22. The van der Waals surface area contributed by atoms with Crippen LogP contribution in [0.5, 0.6) is 0 Å². The van der Waals surface area contributed by atoms with Crippen LogP contribution in [-0.4, -0.2) is 26.2 Å². The van der Waals surface area contributed by atoms with E-state index in [0.29, 0.717) is 12.3 Å². The van der Waals surface area contributed by atoms with Crippen LogP contribution in [0.2, 0.25) is 0 Å². The SMILES string of the molecule is COC(=O)CC1C2CNCC1C2. The van der Waals surface area contributed by atoms with E-state index in [2.05, 4.69) is 10.1 Å². The summed E-state index contributed by atoms with van der Waals surface area (Å²) in [6.45, 7) is 2.19. The molecule has 0 amide bonds. The van der Waals surface area contributed by atoms with Crippen molar-refractivity contribution in [2.75, 3.05) is 20.2 Å². The van der Waals surface area contributed by atoms with E-state index >= 15 is 0 Å². The molecule has 2 atom stereocenters. The van der Waals surface area contributed by atoms with Crippen LogP contribution in [0, 0.1) is 17.8 Å². The van der Waals surface area contributed by atoms with Gasteiger partial charge in [0.1, 0.15) is 0 Å². The van der Waals surface area contributed by atoms with E-state index in [1.165, 1.54) is 13.5 Å². The van der Waals surface area contributed by atoms with Crippen LogP contribution in [0.3, 0.4) is 0 Å². The first-order valence-corrected chi connectivity index (χ1v) is 4.59. The maximum absolute atomic E-state index is 11.0. The Morgan fingerprint density at radius 1 is 1.50 bits per heavy atom. The first-order valence-electron chi connectivity index (χ1n) is 4.59. The van der Waals surface area contributed by atoms with E-state index in [9.17, 15) is 4.79 Å². The number of rotatable bonds is 2. The average molecular weight is 169 g/mol. The van der Waals surface area contributed by atoms with Gasteiger partial charge in [0.2, 0.25) is 0 Å². The molecule has 1 aliphatic carbocycles. The summed E-state index contributed by atoms with van der Waals surface area (Å²) in [5, 5.41) is 3.35. The van der Waals surface area contributed by atoms with Crippen LogP contribution >= 0.6 is 0 Å². The number of esters is 1. The van der Waals surface area contributed by atoms with Crippen molar-refractivity contribution in [1.29, 1.82) is 0 Å². The van der Waals surface area contributed by atoms with Gasteiger partial charge in [0.25, 0.3) is 0 Å². The second-order valence-corrected chi connectivity index (χ2v) is 3.86. The van der Waals surface area contributed by atoms with Crippen LogP contribution in [0.25, 0.3) is 0 Å². The number of methoxy groups -OCH3 is 1. The minimum absolute atomic E-state index is 0.0448. The van der Waals surface area contributed by atoms with Crippen molar-refractivity contribution in [2.24, 2.45) is 17.8 Å². The van der Waals surface area contributed by atoms with Crippen LogP contribution in [-0.2, 0) is 9.53 Å². The molecule has 68 valence electrons. The van der Waals surface area contributed by atoms with Gasteiger partial charge < -0.3 is 10.1 Å². The van der Waals surface area contributed by atoms with Gasteiger partial charge in [-0.25, -0.2) is 0 Å². The molecule has 3 rings (SSSR count). The molecular formula is C9H15NO2. The van der Waals surface area contributed by atoms with Gasteiger partial charge in [-0.1, -0.05) is 0 Å². The molecule has 0 spiro atoms. The van der Waals surface area contributed by atoms with Gasteiger partial charge in [0, 0.05) is 6.42 Å². The Bertz CT molecular complexity index is 179. The Hall–Kier alpha value is -0.570. The Morgan fingerprint density at radius 3 is 2.67 bits per heavy atom. The highest BCUT2D eigenvalue weighted by Crippen LogP contribution is 2.44. The molecule has 0 aromatic carbocycles. The van der Waals surface area contributed by atoms with E-state index in [1.807, 2.05) is 0 Å². The number of fused-ring (bicyclic) bond motifs is 2. The number of hydrogen-bond acceptors (Lipinski definition) is 3. The molecule has 1 N–H and O–H groups in total. The monoisotopic (exact) mass is 169 g/mol. The van der Waals surface area contributed by atoms with Crippen LogP contribution in [0.1, 0.15) is 12.8 Å². The summed E-state index contributed by atoms with van der Waals surface area (Å²) in [7, 11) is 1.47. The minimum Gasteiger partial charge on any atom is -0.469 e. The maximum atomic E-state index is 11.0. The third-order valence-electron chi connectivity index (χ3n) is 3.26. The molecule has 0 aromatic heterocycles. The van der Waals surface area contributed by atoms with Crippen LogP contribution < -0.4 is 5.32 Å². The molecule has 1 saturated carbocycles. The van der Waals surface area contributed by atoms with Crippen molar-refractivity contribution in [3.8, 4) is 0 Å². The summed E-state index contributed by atoms with van der Waals surface area (Å²) in [6, 6.07) is 0. The van der Waals surface area contributed by atoms with Gasteiger partial charge in [-0.15, -0.1) is 0 Å². The summed E-state index contributed by atoms with van der Waals surface area (Å²) >= 11 is 0. The number of carbonyl (C=O) groups excluding carboxylic acids is 1. The van der Waals surface area contributed by atoms with Crippen molar-refractivity contribution >= 4 is 5.97 Å². The molecule has 0 aromatic rings. The summed E-state index contributed by atoms with van der Waals surface area (Å²) in [5.74, 6) is 2.04. The van der Waals surface area contributed by atoms with Crippen molar-refractivity contribution in [3.05, 3.63) is 0 Å². The smallest absolute Gasteiger partial charge is 0.305 e. The van der Waals surface area contributed by atoms with Crippen molar-refractivity contribution in [3.63, 3.8) is 0 Å². The Labute approximate surface area is 72.5 Å². The number of nitrogens with one attached hydrogen (secondary N) is 1. The largest absolute Gasteiger partial charge is 0.469 e. The number of ether oxygens (including phenoxy) is 1. The molecule has 3 heteroatoms. The van der Waals surface area contributed by atoms with Gasteiger partial charge >= 0.3 is 5.97 Å². The first kappa shape index (κ1) is 8.05. The standard InChI is InChI=1S/C9H15NO2/c1-12-9(11)3-8-6-2-7(8)5-10-4-6/h6-8,10H,2-5H2,1H3. The quantitative estimate of drug-likeness (QED) is 0.608. The summed E-state index contributed by atoms with van der Waals surface area (Å²) in [6.07, 6.45) is 1.95. The molecule has 3 fully saturated rings. The van der Waals surface area contributed by atoms with E-state index in [4.69, 9.17) is 0 Å². The summed E-state index contributed by atoms with van der Waals surface area (Å²) in [4.78, 5) is 11.0. The van der Waals surface area contributed by atoms with E-state index in [0.717, 1.165) is 24.9 Å². The topological polar surface area (TPSA) is 38.3 Å². The lowest BCUT2D eigenvalue weighted by molar-refractivity contribution is -0.145. The molecule has 2 heterocycles. The lowest BCUT2D eigenvalue weighted by Gasteiger charge is -2.49. The average Bonchev–Trinajstić information content (AvgIpc) is 2.14. The Kier molecular flexibility index (Phi) is 2.05. The highest BCUT2D eigenvalue weighted by atomic mass is 16.5. The first-order chi connectivity index (χ1) is 5.81. The molecule has 2 aliphatic heterocycles. The number of piperidine rings is 2. The lowest BCUT2D eigenvalue weighted by Crippen LogP contribution is -2.53. The van der Waals surface area contributed by atoms with Gasteiger partial charge in [0.15, 0.2) is 0 Å². The van der Waals surface area contributed by atoms with Gasteiger partial charge in [-0.2, -0.15) is 0 Å². The van der Waals surface area contributed by atoms with Gasteiger partial charge in [-0.05, 0) is 37.3 Å². The molecule has 0 radical (unpaired) electrons. The zero-order chi connectivity index (χ0) is 8.55. The number of carbonyl (C=O) groups is 1. The van der Waals surface area contributed by atoms with Gasteiger partial charge in [-0.3, -0.25) is 4.79 Å². The predicted octanol–water partition coefficient (Wildman–Crippen LogP) is 0.405. The highest BCUT2D eigenvalue weighted by molar-refractivity contribution is 5.69. The van der Waals surface area contributed by atoms with Gasteiger partial charge in [0.05, 0.1) is 7.11 Å². The lowest BCUT2D eigenvalue weighted by atomic mass is 9.61. The second-order valence-electron chi connectivity index (χ2n) is 3.86. The molecule has 2 bridgehead atoms. The van der Waals surface area contributed by atoms with E-state index < -0.39 is 0 Å². The third-order valence-corrected chi connectivity index (χ3v) is 3.26. The highest BCUT2D eigenvalue weighted by Gasteiger charge is 2.44. The van der Waals surface area contributed by atoms with Crippen molar-refractivity contribution in [2.45, 2.75) is 12.8 Å². The normalized spacial score (nSPS) is 38.6. The van der Waals surface area contributed by atoms with Crippen molar-refractivity contribution < 1.29 is 9.53 Å². The second kappa shape index (κ2) is 3.05. The van der Waals surface area contributed by atoms with Crippen LogP contribution in [0.4, 0.5) is 0 Å². The van der Waals surface area contributed by atoms with Crippen LogP contribution in [0.15, 0.2) is 0 Å². The van der Waals surface area contributed by atoms with Crippen molar-refractivity contribution in [1.82, 2.24) is 5.32 Å². The summed E-state index contributed by atoms with van der Waals surface area (Å²) < 4.78 is 4.66. The molecule has 3 aliphatic rings. The fourth-order valence-corrected chi connectivity index (χ4v) is 2.46.